The van der Waals surface area contributed by atoms with Crippen molar-refractivity contribution in [1.82, 2.24) is 24.9 Å². The van der Waals surface area contributed by atoms with E-state index in [0.29, 0.717) is 23.3 Å². The van der Waals surface area contributed by atoms with E-state index in [1.807, 2.05) is 78.9 Å². The second kappa shape index (κ2) is 16.3. The van der Waals surface area contributed by atoms with E-state index in [9.17, 15) is 0 Å². The van der Waals surface area contributed by atoms with Gasteiger partial charge in [0.25, 0.3) is 0 Å². The number of rotatable bonds is 8. The molecule has 0 amide bonds. The molecule has 68 heavy (non-hydrogen) atoms. The van der Waals surface area contributed by atoms with Gasteiger partial charge in [-0.1, -0.05) is 164 Å². The van der Waals surface area contributed by atoms with Crippen LogP contribution in [0.2, 0.25) is 0 Å². The molecule has 0 saturated carbocycles. The van der Waals surface area contributed by atoms with E-state index in [2.05, 4.69) is 146 Å². The minimum atomic E-state index is 0.535. The Balaban J connectivity index is 0.912. The van der Waals surface area contributed by atoms with Crippen LogP contribution in [0.4, 0.5) is 0 Å². The average molecular weight is 872 g/mol. The van der Waals surface area contributed by atoms with Crippen molar-refractivity contribution in [3.8, 4) is 90.3 Å². The van der Waals surface area contributed by atoms with Crippen LogP contribution in [0, 0.1) is 0 Å². The Kier molecular flexibility index (Phi) is 9.35. The normalized spacial score (nSPS) is 11.5. The smallest absolute Gasteiger partial charge is 0.164 e. The number of aromatic nitrogens is 5. The Hall–Kier alpha value is -9.33. The first kappa shape index (κ1) is 39.1. The lowest BCUT2D eigenvalue weighted by atomic mass is 9.98. The topological polar surface area (TPSA) is 90.7 Å². The van der Waals surface area contributed by atoms with E-state index in [4.69, 9.17) is 33.8 Å². The van der Waals surface area contributed by atoms with Crippen LogP contribution >= 0.6 is 0 Å². The molecule has 9 aromatic carbocycles. The summed E-state index contributed by atoms with van der Waals surface area (Å²) in [4.78, 5) is 25.7. The molecule has 0 aliphatic heterocycles. The molecule has 0 aliphatic rings. The van der Waals surface area contributed by atoms with Crippen molar-refractivity contribution in [1.29, 1.82) is 0 Å². The molecule has 0 atom stereocenters. The number of furan rings is 2. The van der Waals surface area contributed by atoms with Gasteiger partial charge in [-0.25, -0.2) is 24.9 Å². The van der Waals surface area contributed by atoms with Gasteiger partial charge in [0.05, 0.1) is 11.4 Å². The second-order valence-electron chi connectivity index (χ2n) is 16.9. The van der Waals surface area contributed by atoms with Crippen molar-refractivity contribution in [2.75, 3.05) is 0 Å². The van der Waals surface area contributed by atoms with Crippen molar-refractivity contribution in [3.63, 3.8) is 0 Å². The molecule has 4 aromatic heterocycles. The number of hydrogen-bond acceptors (Lipinski definition) is 7. The number of nitrogens with zero attached hydrogens (tertiary/aromatic N) is 5. The molecule has 13 rings (SSSR count). The Morgan fingerprint density at radius 1 is 0.206 bits per heavy atom. The summed E-state index contributed by atoms with van der Waals surface area (Å²) in [6.45, 7) is 0. The lowest BCUT2D eigenvalue weighted by Crippen LogP contribution is -2.00. The highest BCUT2D eigenvalue weighted by atomic mass is 16.3. The zero-order valence-corrected chi connectivity index (χ0v) is 36.4. The minimum absolute atomic E-state index is 0.535. The molecule has 0 N–H and O–H groups in total. The molecule has 4 heterocycles. The molecular weight excluding hydrogens is 835 g/mol. The van der Waals surface area contributed by atoms with Crippen LogP contribution in [0.15, 0.2) is 233 Å². The SMILES string of the molecule is c1ccc(-c2cccc(-c3cc(-c4cccc(-c5cccc(-c6nc(-c7ccc8c(c7)oc7ccccc78)nc(-c7ccc8c(c7)oc7ccccc78)n6)c5)c4)nc(-c4ccccc4)n3)c2)cc1. The van der Waals surface area contributed by atoms with Gasteiger partial charge in [-0.2, -0.15) is 0 Å². The Morgan fingerprint density at radius 2 is 0.559 bits per heavy atom. The summed E-state index contributed by atoms with van der Waals surface area (Å²) in [6, 6.07) is 76.6. The van der Waals surface area contributed by atoms with Crippen LogP contribution in [-0.4, -0.2) is 24.9 Å². The van der Waals surface area contributed by atoms with Gasteiger partial charge < -0.3 is 8.83 Å². The van der Waals surface area contributed by atoms with Crippen molar-refractivity contribution in [2.24, 2.45) is 0 Å². The maximum Gasteiger partial charge on any atom is 0.164 e. The fraction of sp³-hybridized carbons (Fsp3) is 0. The lowest BCUT2D eigenvalue weighted by Gasteiger charge is -2.12. The van der Waals surface area contributed by atoms with Crippen molar-refractivity contribution in [3.05, 3.63) is 224 Å². The summed E-state index contributed by atoms with van der Waals surface area (Å²) in [6.07, 6.45) is 0. The van der Waals surface area contributed by atoms with Crippen LogP contribution < -0.4 is 0 Å². The zero-order chi connectivity index (χ0) is 45.0. The van der Waals surface area contributed by atoms with Crippen LogP contribution in [-0.2, 0) is 0 Å². The number of benzene rings is 9. The summed E-state index contributed by atoms with van der Waals surface area (Å²) in [5.74, 6) is 2.28. The molecule has 318 valence electrons. The summed E-state index contributed by atoms with van der Waals surface area (Å²) in [7, 11) is 0. The molecular formula is C61H37N5O2. The zero-order valence-electron chi connectivity index (χ0n) is 36.4. The fourth-order valence-corrected chi connectivity index (χ4v) is 9.14. The quantitative estimate of drug-likeness (QED) is 0.150. The van der Waals surface area contributed by atoms with Crippen LogP contribution in [0.1, 0.15) is 0 Å². The monoisotopic (exact) mass is 871 g/mol. The van der Waals surface area contributed by atoms with Gasteiger partial charge in [0.1, 0.15) is 22.3 Å². The van der Waals surface area contributed by atoms with Crippen molar-refractivity contribution >= 4 is 43.9 Å². The molecule has 0 fully saturated rings. The van der Waals surface area contributed by atoms with Gasteiger partial charge in [-0.3, -0.25) is 0 Å². The molecule has 7 nitrogen and oxygen atoms in total. The molecule has 0 bridgehead atoms. The molecule has 0 spiro atoms. The molecule has 0 unspecified atom stereocenters. The molecule has 7 heteroatoms. The van der Waals surface area contributed by atoms with Crippen molar-refractivity contribution < 1.29 is 8.83 Å². The number of para-hydroxylation sites is 2. The van der Waals surface area contributed by atoms with E-state index in [1.54, 1.807) is 0 Å². The van der Waals surface area contributed by atoms with Crippen LogP contribution in [0.5, 0.6) is 0 Å². The van der Waals surface area contributed by atoms with E-state index in [1.165, 1.54) is 0 Å². The number of fused-ring (bicyclic) bond motifs is 6. The fourth-order valence-electron chi connectivity index (χ4n) is 9.14. The predicted octanol–water partition coefficient (Wildman–Crippen LogP) is 15.8. The third kappa shape index (κ3) is 7.16. The van der Waals surface area contributed by atoms with Gasteiger partial charge in [0.2, 0.25) is 0 Å². The Morgan fingerprint density at radius 3 is 1.07 bits per heavy atom. The summed E-state index contributed by atoms with van der Waals surface area (Å²) < 4.78 is 12.6. The van der Waals surface area contributed by atoms with Crippen LogP contribution in [0.25, 0.3) is 134 Å². The maximum atomic E-state index is 6.32. The second-order valence-corrected chi connectivity index (χ2v) is 16.9. The van der Waals surface area contributed by atoms with E-state index >= 15 is 0 Å². The highest BCUT2D eigenvalue weighted by molar-refractivity contribution is 6.07. The summed E-state index contributed by atoms with van der Waals surface area (Å²) in [5, 5.41) is 4.21. The van der Waals surface area contributed by atoms with Gasteiger partial charge in [0, 0.05) is 54.9 Å². The lowest BCUT2D eigenvalue weighted by molar-refractivity contribution is 0.668. The van der Waals surface area contributed by atoms with Crippen molar-refractivity contribution in [2.45, 2.75) is 0 Å². The molecule has 0 radical (unpaired) electrons. The largest absolute Gasteiger partial charge is 0.456 e. The van der Waals surface area contributed by atoms with Gasteiger partial charge in [-0.05, 0) is 82.9 Å². The highest BCUT2D eigenvalue weighted by Gasteiger charge is 2.18. The standard InChI is InChI=1S/C61H37N5O2/c1-3-14-38(15-4-1)40-18-11-21-43(32-40)52-37-53(63-58(62-52)39-16-5-2-6-17-39)44-22-12-19-41(33-44)42-20-13-23-45(34-42)59-64-60(46-28-30-50-48-24-7-9-26-54(48)67-56(50)35-46)66-61(65-59)47-29-31-51-49-25-8-10-27-55(49)68-57(51)36-47/h1-37H. The molecule has 13 aromatic rings. The predicted molar refractivity (Wildman–Crippen MR) is 273 cm³/mol. The van der Waals surface area contributed by atoms with Gasteiger partial charge >= 0.3 is 0 Å². The third-order valence-corrected chi connectivity index (χ3v) is 12.5. The van der Waals surface area contributed by atoms with Crippen LogP contribution in [0.3, 0.4) is 0 Å². The van der Waals surface area contributed by atoms with Gasteiger partial charge in [-0.15, -0.1) is 0 Å². The average Bonchev–Trinajstić information content (AvgIpc) is 3.99. The Labute approximate surface area is 390 Å². The van der Waals surface area contributed by atoms with E-state index in [-0.39, 0.29) is 0 Å². The minimum Gasteiger partial charge on any atom is -0.456 e. The van der Waals surface area contributed by atoms with E-state index in [0.717, 1.165) is 111 Å². The molecule has 0 saturated heterocycles. The number of hydrogen-bond donors (Lipinski definition) is 0. The molecule has 0 aliphatic carbocycles. The van der Waals surface area contributed by atoms with Gasteiger partial charge in [0.15, 0.2) is 23.3 Å². The first-order chi connectivity index (χ1) is 33.6. The first-order valence-corrected chi connectivity index (χ1v) is 22.5. The Bertz CT molecular complexity index is 3910. The maximum absolute atomic E-state index is 6.32. The summed E-state index contributed by atoms with van der Waals surface area (Å²) in [5.41, 5.74) is 14.6. The summed E-state index contributed by atoms with van der Waals surface area (Å²) >= 11 is 0. The van der Waals surface area contributed by atoms with E-state index < -0.39 is 0 Å². The third-order valence-electron chi connectivity index (χ3n) is 12.5. The highest BCUT2D eigenvalue weighted by Crippen LogP contribution is 2.37. The first-order valence-electron chi connectivity index (χ1n) is 22.5.